The van der Waals surface area contributed by atoms with Crippen LogP contribution in [-0.4, -0.2) is 21.4 Å². The molecule has 1 aromatic rings. The van der Waals surface area contributed by atoms with Gasteiger partial charge in [0.1, 0.15) is 0 Å². The van der Waals surface area contributed by atoms with Crippen molar-refractivity contribution >= 4 is 23.4 Å². The molecule has 0 aliphatic rings. The fourth-order valence-corrected chi connectivity index (χ4v) is 2.19. The molecule has 2 nitrogen and oxygen atoms in total. The SMILES string of the molecule is CC(CCl)CSCc1ccn(C)n1. The van der Waals surface area contributed by atoms with Crippen LogP contribution in [0.3, 0.4) is 0 Å². The molecule has 0 spiro atoms. The molecule has 1 aromatic heterocycles. The summed E-state index contributed by atoms with van der Waals surface area (Å²) in [5.41, 5.74) is 1.15. The molecule has 0 aromatic carbocycles. The van der Waals surface area contributed by atoms with Crippen LogP contribution in [0.5, 0.6) is 0 Å². The number of halogens is 1. The molecule has 1 heterocycles. The first kappa shape index (κ1) is 10.9. The second-order valence-electron chi connectivity index (χ2n) is 3.26. The topological polar surface area (TPSA) is 17.8 Å². The highest BCUT2D eigenvalue weighted by Gasteiger charge is 2.01. The summed E-state index contributed by atoms with van der Waals surface area (Å²) in [6, 6.07) is 2.05. The molecule has 0 amide bonds. The summed E-state index contributed by atoms with van der Waals surface area (Å²) in [6.45, 7) is 2.17. The van der Waals surface area contributed by atoms with Crippen LogP contribution in [0.2, 0.25) is 0 Å². The number of thioether (sulfide) groups is 1. The van der Waals surface area contributed by atoms with E-state index in [9.17, 15) is 0 Å². The van der Waals surface area contributed by atoms with Crippen LogP contribution in [-0.2, 0) is 12.8 Å². The molecule has 0 aliphatic heterocycles. The quantitative estimate of drug-likeness (QED) is 0.707. The molecule has 0 N–H and O–H groups in total. The lowest BCUT2D eigenvalue weighted by molar-refractivity contribution is 0.750. The van der Waals surface area contributed by atoms with Crippen molar-refractivity contribution in [3.05, 3.63) is 18.0 Å². The van der Waals surface area contributed by atoms with Crippen LogP contribution >= 0.6 is 23.4 Å². The molecule has 0 saturated heterocycles. The van der Waals surface area contributed by atoms with E-state index in [-0.39, 0.29) is 0 Å². The summed E-state index contributed by atoms with van der Waals surface area (Å²) >= 11 is 7.60. The Kier molecular flexibility index (Phi) is 4.67. The van der Waals surface area contributed by atoms with Crippen LogP contribution in [0.1, 0.15) is 12.6 Å². The zero-order chi connectivity index (χ0) is 9.68. The zero-order valence-electron chi connectivity index (χ0n) is 8.03. The van der Waals surface area contributed by atoms with Gasteiger partial charge in [0.15, 0.2) is 0 Å². The molecule has 74 valence electrons. The van der Waals surface area contributed by atoms with Gasteiger partial charge in [-0.25, -0.2) is 0 Å². The van der Waals surface area contributed by atoms with Gasteiger partial charge in [-0.2, -0.15) is 16.9 Å². The van der Waals surface area contributed by atoms with Gasteiger partial charge >= 0.3 is 0 Å². The van der Waals surface area contributed by atoms with Gasteiger partial charge in [-0.05, 0) is 17.7 Å². The Morgan fingerprint density at radius 3 is 3.00 bits per heavy atom. The first-order valence-electron chi connectivity index (χ1n) is 4.34. The molecule has 0 saturated carbocycles. The molecule has 1 unspecified atom stereocenters. The van der Waals surface area contributed by atoms with Gasteiger partial charge in [0.05, 0.1) is 5.69 Å². The predicted molar refractivity (Wildman–Crippen MR) is 59.3 cm³/mol. The summed E-state index contributed by atoms with van der Waals surface area (Å²) in [6.07, 6.45) is 1.97. The largest absolute Gasteiger partial charge is 0.276 e. The maximum absolute atomic E-state index is 5.70. The van der Waals surface area contributed by atoms with E-state index in [0.29, 0.717) is 5.92 Å². The van der Waals surface area contributed by atoms with Crippen molar-refractivity contribution in [3.8, 4) is 0 Å². The minimum absolute atomic E-state index is 0.593. The Balaban J connectivity index is 2.20. The highest BCUT2D eigenvalue weighted by Crippen LogP contribution is 2.14. The van der Waals surface area contributed by atoms with E-state index >= 15 is 0 Å². The van der Waals surface area contributed by atoms with Crippen molar-refractivity contribution < 1.29 is 0 Å². The van der Waals surface area contributed by atoms with Crippen molar-refractivity contribution in [1.29, 1.82) is 0 Å². The van der Waals surface area contributed by atoms with Crippen LogP contribution in [0.15, 0.2) is 12.3 Å². The van der Waals surface area contributed by atoms with E-state index in [2.05, 4.69) is 18.1 Å². The van der Waals surface area contributed by atoms with Crippen molar-refractivity contribution in [2.75, 3.05) is 11.6 Å². The Bertz CT molecular complexity index is 250. The minimum Gasteiger partial charge on any atom is -0.276 e. The van der Waals surface area contributed by atoms with Crippen LogP contribution in [0.25, 0.3) is 0 Å². The van der Waals surface area contributed by atoms with Gasteiger partial charge in [0.2, 0.25) is 0 Å². The monoisotopic (exact) mass is 218 g/mol. The lowest BCUT2D eigenvalue weighted by Crippen LogP contribution is -1.99. The average Bonchev–Trinajstić information content (AvgIpc) is 2.51. The van der Waals surface area contributed by atoms with E-state index in [1.165, 1.54) is 0 Å². The fraction of sp³-hybridized carbons (Fsp3) is 0.667. The van der Waals surface area contributed by atoms with Crippen molar-refractivity contribution in [3.63, 3.8) is 0 Å². The maximum atomic E-state index is 5.70. The van der Waals surface area contributed by atoms with E-state index in [0.717, 1.165) is 23.1 Å². The highest BCUT2D eigenvalue weighted by molar-refractivity contribution is 7.98. The first-order chi connectivity index (χ1) is 6.22. The summed E-state index contributed by atoms with van der Waals surface area (Å²) < 4.78 is 1.83. The summed E-state index contributed by atoms with van der Waals surface area (Å²) in [4.78, 5) is 0. The Labute approximate surface area is 88.7 Å². The summed E-state index contributed by atoms with van der Waals surface area (Å²) in [7, 11) is 1.94. The third-order valence-corrected chi connectivity index (χ3v) is 3.52. The van der Waals surface area contributed by atoms with Crippen molar-refractivity contribution in [2.45, 2.75) is 12.7 Å². The molecule has 1 atom stereocenters. The predicted octanol–water partition coefficient (Wildman–Crippen LogP) is 2.53. The van der Waals surface area contributed by atoms with Crippen molar-refractivity contribution in [2.24, 2.45) is 13.0 Å². The van der Waals surface area contributed by atoms with Gasteiger partial charge in [-0.3, -0.25) is 4.68 Å². The van der Waals surface area contributed by atoms with Gasteiger partial charge in [0, 0.05) is 24.9 Å². The molecule has 4 heteroatoms. The van der Waals surface area contributed by atoms with Gasteiger partial charge < -0.3 is 0 Å². The molecule has 13 heavy (non-hydrogen) atoms. The Morgan fingerprint density at radius 2 is 2.46 bits per heavy atom. The molecule has 0 bridgehead atoms. The van der Waals surface area contributed by atoms with Gasteiger partial charge in [-0.1, -0.05) is 6.92 Å². The van der Waals surface area contributed by atoms with E-state index < -0.39 is 0 Å². The number of aryl methyl sites for hydroxylation is 1. The third-order valence-electron chi connectivity index (χ3n) is 1.68. The molecule has 0 aliphatic carbocycles. The van der Waals surface area contributed by atoms with Gasteiger partial charge in [0.25, 0.3) is 0 Å². The summed E-state index contributed by atoms with van der Waals surface area (Å²) in [5.74, 6) is 3.44. The maximum Gasteiger partial charge on any atom is 0.0723 e. The number of aromatic nitrogens is 2. The van der Waals surface area contributed by atoms with E-state index in [1.54, 1.807) is 0 Å². The van der Waals surface area contributed by atoms with Crippen molar-refractivity contribution in [1.82, 2.24) is 9.78 Å². The van der Waals surface area contributed by atoms with Gasteiger partial charge in [-0.15, -0.1) is 11.6 Å². The van der Waals surface area contributed by atoms with Crippen LogP contribution in [0.4, 0.5) is 0 Å². The normalized spacial score (nSPS) is 13.2. The van der Waals surface area contributed by atoms with Crippen LogP contribution < -0.4 is 0 Å². The second-order valence-corrected chi connectivity index (χ2v) is 4.59. The average molecular weight is 219 g/mol. The zero-order valence-corrected chi connectivity index (χ0v) is 9.61. The second kappa shape index (κ2) is 5.55. The first-order valence-corrected chi connectivity index (χ1v) is 6.03. The molecule has 0 fully saturated rings. The Morgan fingerprint density at radius 1 is 1.69 bits per heavy atom. The number of hydrogen-bond donors (Lipinski definition) is 0. The number of alkyl halides is 1. The standard InChI is InChI=1S/C9H15ClN2S/c1-8(5-10)6-13-7-9-3-4-12(2)11-9/h3-4,8H,5-7H2,1-2H3. The number of rotatable bonds is 5. The highest BCUT2D eigenvalue weighted by atomic mass is 35.5. The lowest BCUT2D eigenvalue weighted by atomic mass is 10.3. The number of hydrogen-bond acceptors (Lipinski definition) is 2. The smallest absolute Gasteiger partial charge is 0.0723 e. The molecule has 1 rings (SSSR count). The van der Waals surface area contributed by atoms with Crippen LogP contribution in [0, 0.1) is 5.92 Å². The third kappa shape index (κ3) is 4.05. The summed E-state index contributed by atoms with van der Waals surface area (Å²) in [5, 5.41) is 4.30. The van der Waals surface area contributed by atoms with E-state index in [4.69, 9.17) is 11.6 Å². The fourth-order valence-electron chi connectivity index (χ4n) is 0.949. The molecular weight excluding hydrogens is 204 g/mol. The Hall–Kier alpha value is -0.150. The molecular formula is C9H15ClN2S. The lowest BCUT2D eigenvalue weighted by Gasteiger charge is -2.04. The molecule has 0 radical (unpaired) electrons. The van der Waals surface area contributed by atoms with E-state index in [1.807, 2.05) is 29.7 Å². The minimum atomic E-state index is 0.593. The number of nitrogens with zero attached hydrogens (tertiary/aromatic N) is 2.